The number of halogens is 1. The predicted molar refractivity (Wildman–Crippen MR) is 123 cm³/mol. The third-order valence-electron chi connectivity index (χ3n) is 5.59. The lowest BCUT2D eigenvalue weighted by atomic mass is 10.1. The van der Waals surface area contributed by atoms with E-state index < -0.39 is 11.9 Å². The molecule has 3 rings (SSSR count). The minimum atomic E-state index is -0.489. The van der Waals surface area contributed by atoms with Crippen LogP contribution in [0.2, 0.25) is 0 Å². The molecule has 1 heterocycles. The maximum Gasteiger partial charge on any atom is 0.261 e. The Hall–Kier alpha value is -3.06. The van der Waals surface area contributed by atoms with Crippen LogP contribution in [0.3, 0.4) is 0 Å². The summed E-state index contributed by atoms with van der Waals surface area (Å²) in [6.07, 6.45) is 2.77. The fourth-order valence-electron chi connectivity index (χ4n) is 3.83. The summed E-state index contributed by atoms with van der Waals surface area (Å²) >= 11 is 0. The minimum Gasteiger partial charge on any atom is -0.383 e. The quantitative estimate of drug-likeness (QED) is 0.434. The van der Waals surface area contributed by atoms with Crippen molar-refractivity contribution < 1.29 is 13.9 Å². The maximum atomic E-state index is 13.8. The van der Waals surface area contributed by atoms with Crippen molar-refractivity contribution in [1.82, 2.24) is 14.5 Å². The number of hydrogen-bond donors (Lipinski definition) is 0. The fraction of sp³-hybridized carbons (Fsp3) is 0.400. The van der Waals surface area contributed by atoms with Crippen LogP contribution in [0.25, 0.3) is 10.9 Å². The molecule has 32 heavy (non-hydrogen) atoms. The Morgan fingerprint density at radius 1 is 1.19 bits per heavy atom. The standard InChI is InChI=1S/C25H30FN3O3/c1-4-5-8-14-28(24(30)19-10-9-11-20(26)17-19)18(2)23-27-22-13-7-6-12-21(22)25(31)29(23)15-16-32-3/h6-7,9-13,17-18H,4-5,8,14-16H2,1-3H3. The number of methoxy groups -OCH3 is 1. The van der Waals surface area contributed by atoms with Crippen molar-refractivity contribution in [2.24, 2.45) is 0 Å². The van der Waals surface area contributed by atoms with Gasteiger partial charge in [-0.15, -0.1) is 0 Å². The molecule has 170 valence electrons. The Bertz CT molecular complexity index is 1130. The van der Waals surface area contributed by atoms with Gasteiger partial charge in [0.25, 0.3) is 11.5 Å². The van der Waals surface area contributed by atoms with Crippen LogP contribution in [-0.4, -0.2) is 40.6 Å². The highest BCUT2D eigenvalue weighted by Gasteiger charge is 2.27. The van der Waals surface area contributed by atoms with Crippen molar-refractivity contribution in [2.45, 2.75) is 45.7 Å². The second kappa shape index (κ2) is 11.0. The number of amides is 1. The molecule has 0 radical (unpaired) electrons. The van der Waals surface area contributed by atoms with Gasteiger partial charge in [0.1, 0.15) is 11.6 Å². The van der Waals surface area contributed by atoms with Gasteiger partial charge < -0.3 is 9.64 Å². The van der Waals surface area contributed by atoms with E-state index in [1.165, 1.54) is 18.2 Å². The maximum absolute atomic E-state index is 13.8. The summed E-state index contributed by atoms with van der Waals surface area (Å²) in [5, 5.41) is 0.522. The summed E-state index contributed by atoms with van der Waals surface area (Å²) in [5.41, 5.74) is 0.695. The number of rotatable bonds is 10. The Morgan fingerprint density at radius 2 is 1.97 bits per heavy atom. The van der Waals surface area contributed by atoms with Gasteiger partial charge in [0.05, 0.1) is 30.1 Å². The molecule has 0 spiro atoms. The third kappa shape index (κ3) is 5.22. The molecule has 0 saturated carbocycles. The number of hydrogen-bond acceptors (Lipinski definition) is 4. The molecule has 0 aliphatic carbocycles. The minimum absolute atomic E-state index is 0.166. The number of benzene rings is 2. The molecule has 7 heteroatoms. The number of nitrogens with zero attached hydrogens (tertiary/aromatic N) is 3. The van der Waals surface area contributed by atoms with Crippen molar-refractivity contribution >= 4 is 16.8 Å². The smallest absolute Gasteiger partial charge is 0.261 e. The van der Waals surface area contributed by atoms with Crippen LogP contribution in [0, 0.1) is 5.82 Å². The van der Waals surface area contributed by atoms with Gasteiger partial charge in [0.15, 0.2) is 0 Å². The first-order chi connectivity index (χ1) is 15.5. The first-order valence-corrected chi connectivity index (χ1v) is 11.0. The van der Waals surface area contributed by atoms with Crippen molar-refractivity contribution in [2.75, 3.05) is 20.3 Å². The SMILES string of the molecule is CCCCCN(C(=O)c1cccc(F)c1)C(C)c1nc2ccccc2c(=O)n1CCOC. The molecular weight excluding hydrogens is 409 g/mol. The topological polar surface area (TPSA) is 64.4 Å². The van der Waals surface area contributed by atoms with Crippen molar-refractivity contribution in [3.63, 3.8) is 0 Å². The number of aromatic nitrogens is 2. The Labute approximate surface area is 187 Å². The van der Waals surface area contributed by atoms with Crippen molar-refractivity contribution in [3.05, 3.63) is 76.1 Å². The lowest BCUT2D eigenvalue weighted by Gasteiger charge is -2.31. The van der Waals surface area contributed by atoms with Crippen molar-refractivity contribution in [1.29, 1.82) is 0 Å². The van der Waals surface area contributed by atoms with E-state index in [0.29, 0.717) is 36.4 Å². The van der Waals surface area contributed by atoms with E-state index in [9.17, 15) is 14.0 Å². The van der Waals surface area contributed by atoms with E-state index >= 15 is 0 Å². The van der Waals surface area contributed by atoms with Crippen LogP contribution in [-0.2, 0) is 11.3 Å². The van der Waals surface area contributed by atoms with Gasteiger partial charge in [0, 0.05) is 19.2 Å². The Morgan fingerprint density at radius 3 is 2.69 bits per heavy atom. The lowest BCUT2D eigenvalue weighted by Crippen LogP contribution is -2.39. The normalized spacial score (nSPS) is 12.1. The Balaban J connectivity index is 2.08. The van der Waals surface area contributed by atoms with Crippen LogP contribution in [0.5, 0.6) is 0 Å². The zero-order chi connectivity index (χ0) is 23.1. The zero-order valence-corrected chi connectivity index (χ0v) is 18.9. The summed E-state index contributed by atoms with van der Waals surface area (Å²) in [4.78, 5) is 33.1. The second-order valence-corrected chi connectivity index (χ2v) is 7.83. The van der Waals surface area contributed by atoms with E-state index in [0.717, 1.165) is 19.3 Å². The molecular formula is C25H30FN3O3. The summed E-state index contributed by atoms with van der Waals surface area (Å²) in [7, 11) is 1.58. The summed E-state index contributed by atoms with van der Waals surface area (Å²) in [6, 6.07) is 12.4. The van der Waals surface area contributed by atoms with Crippen LogP contribution >= 0.6 is 0 Å². The largest absolute Gasteiger partial charge is 0.383 e. The first kappa shape index (κ1) is 23.6. The number of carbonyl (C=O) groups excluding carboxylic acids is 1. The van der Waals surface area contributed by atoms with Gasteiger partial charge >= 0.3 is 0 Å². The highest BCUT2D eigenvalue weighted by atomic mass is 19.1. The van der Waals surface area contributed by atoms with Crippen molar-refractivity contribution in [3.8, 4) is 0 Å². The predicted octanol–water partition coefficient (Wildman–Crippen LogP) is 4.58. The van der Waals surface area contributed by atoms with Gasteiger partial charge in [-0.05, 0) is 43.7 Å². The molecule has 0 aliphatic rings. The van der Waals surface area contributed by atoms with Crippen LogP contribution < -0.4 is 5.56 Å². The molecule has 3 aromatic rings. The van der Waals surface area contributed by atoms with E-state index in [4.69, 9.17) is 9.72 Å². The summed E-state index contributed by atoms with van der Waals surface area (Å²) in [5.74, 6) is -0.251. The molecule has 0 fully saturated rings. The highest BCUT2D eigenvalue weighted by Crippen LogP contribution is 2.23. The van der Waals surface area contributed by atoms with Crippen LogP contribution in [0.15, 0.2) is 53.3 Å². The first-order valence-electron chi connectivity index (χ1n) is 11.0. The molecule has 0 bridgehead atoms. The average Bonchev–Trinajstić information content (AvgIpc) is 2.80. The van der Waals surface area contributed by atoms with Gasteiger partial charge in [0.2, 0.25) is 0 Å². The average molecular weight is 440 g/mol. The monoisotopic (exact) mass is 439 g/mol. The van der Waals surface area contributed by atoms with Crippen LogP contribution in [0.4, 0.5) is 4.39 Å². The van der Waals surface area contributed by atoms with Gasteiger partial charge in [-0.3, -0.25) is 14.2 Å². The van der Waals surface area contributed by atoms with Gasteiger partial charge in [-0.2, -0.15) is 0 Å². The number of unbranched alkanes of at least 4 members (excludes halogenated alkanes) is 2. The zero-order valence-electron chi connectivity index (χ0n) is 18.9. The number of carbonyl (C=O) groups is 1. The lowest BCUT2D eigenvalue weighted by molar-refractivity contribution is 0.0672. The van der Waals surface area contributed by atoms with Gasteiger partial charge in [-0.25, -0.2) is 9.37 Å². The van der Waals surface area contributed by atoms with E-state index in [2.05, 4.69) is 6.92 Å². The Kier molecular flexibility index (Phi) is 8.11. The summed E-state index contributed by atoms with van der Waals surface area (Å²) in [6.45, 7) is 5.10. The third-order valence-corrected chi connectivity index (χ3v) is 5.59. The number of para-hydroxylation sites is 1. The molecule has 0 saturated heterocycles. The summed E-state index contributed by atoms with van der Waals surface area (Å²) < 4.78 is 20.6. The highest BCUT2D eigenvalue weighted by molar-refractivity contribution is 5.94. The molecule has 1 atom stereocenters. The number of fused-ring (bicyclic) bond motifs is 1. The molecule has 1 unspecified atom stereocenters. The van der Waals surface area contributed by atoms with E-state index in [-0.39, 0.29) is 17.0 Å². The van der Waals surface area contributed by atoms with Crippen LogP contribution in [0.1, 0.15) is 55.3 Å². The molecule has 1 aromatic heterocycles. The molecule has 6 nitrogen and oxygen atoms in total. The van der Waals surface area contributed by atoms with Gasteiger partial charge in [-0.1, -0.05) is 38.0 Å². The molecule has 1 amide bonds. The molecule has 0 aliphatic heterocycles. The molecule has 0 N–H and O–H groups in total. The van der Waals surface area contributed by atoms with E-state index in [1.54, 1.807) is 40.8 Å². The second-order valence-electron chi connectivity index (χ2n) is 7.83. The fourth-order valence-corrected chi connectivity index (χ4v) is 3.83. The number of ether oxygens (including phenoxy) is 1. The van der Waals surface area contributed by atoms with E-state index in [1.807, 2.05) is 13.0 Å². The molecule has 2 aromatic carbocycles.